The Morgan fingerprint density at radius 1 is 0.758 bits per heavy atom. The standard InChI is InChI=1S/C67H106N14O13S/c1-14-41(6)55(51(92-12)37-52(82)81-34-21-26-50(81)56(93-13)42(7)57(83)76-49(62-71-33-35-95-62)36-44-22-16-15-17-23-44)80(11)63(88)54(40(4)5)78-64(89)67(9,10)79-66(91)94-38-45-27-29-46(30-28-45)73-59(85)48(25-20-32-72-65(70)90)75-61(87)53(39(2)3)77-60(86)47(24-18-19-31-68)74-58(84)43(8)69/h15-17,22-23,27-30,33,35,39-43,47-51,53-56H,14,18-21,24-26,31-32,34,36-38,68-69H2,1-13H3,(H,73,85)(H,74,84)(H,75,87)(H,76,83)(H,77,86)(H,78,89)(H,79,91)(H3,70,72,90)/t41-,42+,43-,47-,48-,49-,50-,51+,53-,54-,55-,56+/m0/s1. The van der Waals surface area contributed by atoms with E-state index in [2.05, 4.69) is 47.5 Å². The number of ether oxygens (including phenoxy) is 3. The molecule has 1 saturated heterocycles. The number of unbranched alkanes of at least 4 members (excludes halogenated alkanes) is 1. The number of alkyl carbamates (subject to hydrolysis) is 1. The quantitative estimate of drug-likeness (QED) is 0.0355. The number of thiazole rings is 1. The van der Waals surface area contributed by atoms with Gasteiger partial charge in [0.1, 0.15) is 41.3 Å². The number of nitrogens with two attached hydrogens (primary N) is 3. The summed E-state index contributed by atoms with van der Waals surface area (Å²) in [6.45, 7) is 17.8. The number of likely N-dealkylation sites (tertiary alicyclic amines) is 1. The zero-order valence-electron chi connectivity index (χ0n) is 57.6. The molecule has 0 radical (unpaired) electrons. The Labute approximate surface area is 563 Å². The van der Waals surface area contributed by atoms with E-state index in [9.17, 15) is 47.9 Å². The maximum atomic E-state index is 14.7. The molecule has 95 heavy (non-hydrogen) atoms. The topological polar surface area (TPSA) is 392 Å². The third-order valence-electron chi connectivity index (χ3n) is 17.2. The zero-order valence-corrected chi connectivity index (χ0v) is 58.4. The Hall–Kier alpha value is -7.79. The van der Waals surface area contributed by atoms with Crippen LogP contribution in [0.2, 0.25) is 0 Å². The van der Waals surface area contributed by atoms with E-state index in [1.54, 1.807) is 82.1 Å². The van der Waals surface area contributed by atoms with Crippen LogP contribution in [0.5, 0.6) is 0 Å². The van der Waals surface area contributed by atoms with Crippen molar-refractivity contribution in [2.24, 2.45) is 40.9 Å². The Balaban J connectivity index is 1.38. The zero-order chi connectivity index (χ0) is 70.7. The van der Waals surface area contributed by atoms with Crippen LogP contribution in [0.4, 0.5) is 15.3 Å². The Kier molecular flexibility index (Phi) is 32.9. The van der Waals surface area contributed by atoms with Crippen LogP contribution in [-0.2, 0) is 65.6 Å². The van der Waals surface area contributed by atoms with Crippen molar-refractivity contribution in [3.8, 4) is 0 Å². The first kappa shape index (κ1) is 79.6. The van der Waals surface area contributed by atoms with Crippen LogP contribution < -0.4 is 59.7 Å². The van der Waals surface area contributed by atoms with Gasteiger partial charge in [-0.05, 0) is 120 Å². The van der Waals surface area contributed by atoms with E-state index in [-0.39, 0.29) is 62.6 Å². The third kappa shape index (κ3) is 24.7. The SMILES string of the molecule is CC[C@H](C)[C@@H]([C@@H](CC(=O)N1CCC[C@H]1[C@H](OC)[C@@H](C)C(=O)N[C@@H](Cc1ccccc1)c1nccs1)OC)N(C)C(=O)[C@@H](NC(=O)C(C)(C)NC(=O)OCc1ccc(NC(=O)[C@H](CCCNC(N)=O)NC(=O)[C@@H](NC(=O)[C@H](CCCCN)NC(=O)[C@H](C)N)C(C)C)cc1)C(C)C. The van der Waals surface area contributed by atoms with Crippen molar-refractivity contribution in [2.75, 3.05) is 46.2 Å². The predicted molar refractivity (Wildman–Crippen MR) is 363 cm³/mol. The number of primary amides is 1. The average molecular weight is 1350 g/mol. The summed E-state index contributed by atoms with van der Waals surface area (Å²) in [5, 5.41) is 24.7. The molecule has 1 aromatic heterocycles. The molecule has 2 aromatic carbocycles. The lowest BCUT2D eigenvalue weighted by Gasteiger charge is -2.41. The van der Waals surface area contributed by atoms with Gasteiger partial charge in [-0.2, -0.15) is 0 Å². The number of rotatable bonds is 39. The van der Waals surface area contributed by atoms with Crippen LogP contribution in [0.3, 0.4) is 0 Å². The first-order valence-corrected chi connectivity index (χ1v) is 33.8. The second-order valence-corrected chi connectivity index (χ2v) is 26.7. The Morgan fingerprint density at radius 2 is 1.40 bits per heavy atom. The number of benzene rings is 2. The number of anilines is 1. The van der Waals surface area contributed by atoms with Gasteiger partial charge in [-0.1, -0.05) is 97.4 Å². The summed E-state index contributed by atoms with van der Waals surface area (Å²) < 4.78 is 17.7. The van der Waals surface area contributed by atoms with Gasteiger partial charge in [0, 0.05) is 51.6 Å². The molecule has 14 N–H and O–H groups in total. The number of nitrogens with zero attached hydrogens (tertiary/aromatic N) is 3. The van der Waals surface area contributed by atoms with Gasteiger partial charge in [-0.3, -0.25) is 38.4 Å². The molecular formula is C67H106N14O13S. The van der Waals surface area contributed by atoms with Crippen molar-refractivity contribution in [3.63, 3.8) is 0 Å². The molecule has 0 saturated carbocycles. The van der Waals surface area contributed by atoms with Crippen LogP contribution >= 0.6 is 11.3 Å². The highest BCUT2D eigenvalue weighted by Crippen LogP contribution is 2.31. The van der Waals surface area contributed by atoms with E-state index < -0.39 is 125 Å². The van der Waals surface area contributed by atoms with Crippen molar-refractivity contribution >= 4 is 76.4 Å². The first-order chi connectivity index (χ1) is 45.0. The number of hydrogen-bond acceptors (Lipinski definition) is 17. The van der Waals surface area contributed by atoms with E-state index in [4.69, 9.17) is 31.4 Å². The van der Waals surface area contributed by atoms with Crippen LogP contribution in [0.1, 0.15) is 149 Å². The minimum Gasteiger partial charge on any atom is -0.445 e. The highest BCUT2D eigenvalue weighted by atomic mass is 32.1. The normalized spacial score (nSPS) is 16.6. The van der Waals surface area contributed by atoms with Crippen molar-refractivity contribution in [1.29, 1.82) is 0 Å². The predicted octanol–water partition coefficient (Wildman–Crippen LogP) is 4.28. The fourth-order valence-electron chi connectivity index (χ4n) is 11.4. The van der Waals surface area contributed by atoms with Gasteiger partial charge in [0.15, 0.2) is 0 Å². The molecule has 3 aromatic rings. The molecule has 28 heteroatoms. The highest BCUT2D eigenvalue weighted by Gasteiger charge is 2.44. The van der Waals surface area contributed by atoms with E-state index in [0.29, 0.717) is 62.9 Å². The number of urea groups is 1. The molecule has 1 fully saturated rings. The van der Waals surface area contributed by atoms with E-state index in [1.165, 1.54) is 39.2 Å². The fraction of sp³-hybridized carbons (Fsp3) is 0.627. The molecule has 12 atom stereocenters. The summed E-state index contributed by atoms with van der Waals surface area (Å²) in [7, 11) is 4.69. The maximum Gasteiger partial charge on any atom is 0.408 e. The van der Waals surface area contributed by atoms with Crippen LogP contribution in [0.15, 0.2) is 66.2 Å². The summed E-state index contributed by atoms with van der Waals surface area (Å²) in [5.74, 6) is -5.71. The molecular weight excluding hydrogens is 1240 g/mol. The molecule has 1 aliphatic heterocycles. The largest absolute Gasteiger partial charge is 0.445 e. The van der Waals surface area contributed by atoms with E-state index in [1.807, 2.05) is 56.5 Å². The minimum atomic E-state index is -1.60. The Bertz CT molecular complexity index is 2960. The Morgan fingerprint density at radius 3 is 1.98 bits per heavy atom. The molecule has 528 valence electrons. The van der Waals surface area contributed by atoms with E-state index >= 15 is 0 Å². The van der Waals surface area contributed by atoms with Gasteiger partial charge in [-0.25, -0.2) is 14.6 Å². The lowest BCUT2D eigenvalue weighted by atomic mass is 9.89. The van der Waals surface area contributed by atoms with Crippen molar-refractivity contribution in [2.45, 2.75) is 206 Å². The number of methoxy groups -OCH3 is 2. The summed E-state index contributed by atoms with van der Waals surface area (Å²) in [5.41, 5.74) is 16.9. The van der Waals surface area contributed by atoms with Crippen molar-refractivity contribution in [1.82, 2.24) is 52.0 Å². The van der Waals surface area contributed by atoms with Crippen molar-refractivity contribution < 1.29 is 62.2 Å². The highest BCUT2D eigenvalue weighted by molar-refractivity contribution is 7.09. The number of nitrogens with one attached hydrogen (secondary N) is 8. The molecule has 2 heterocycles. The third-order valence-corrected chi connectivity index (χ3v) is 18.1. The van der Waals surface area contributed by atoms with Gasteiger partial charge in [0.2, 0.25) is 47.3 Å². The summed E-state index contributed by atoms with van der Waals surface area (Å²) in [6.07, 6.45) is 3.40. The second kappa shape index (κ2) is 39.3. The molecule has 0 unspecified atom stereocenters. The molecule has 1 aliphatic rings. The maximum absolute atomic E-state index is 14.7. The molecule has 0 bridgehead atoms. The van der Waals surface area contributed by atoms with E-state index in [0.717, 1.165) is 10.6 Å². The van der Waals surface area contributed by atoms with Crippen molar-refractivity contribution in [3.05, 3.63) is 82.3 Å². The molecule has 11 amide bonds. The lowest BCUT2D eigenvalue weighted by Crippen LogP contribution is -2.62. The van der Waals surface area contributed by atoms with Crippen LogP contribution in [-0.4, -0.2) is 175 Å². The second-order valence-electron chi connectivity index (χ2n) is 25.8. The lowest BCUT2D eigenvalue weighted by molar-refractivity contribution is -0.148. The van der Waals surface area contributed by atoms with Gasteiger partial charge in [0.05, 0.1) is 48.7 Å². The van der Waals surface area contributed by atoms with Crippen LogP contribution in [0.25, 0.3) is 0 Å². The number of aromatic nitrogens is 1. The summed E-state index contributed by atoms with van der Waals surface area (Å²) in [4.78, 5) is 144. The van der Waals surface area contributed by atoms with Gasteiger partial charge < -0.3 is 83.7 Å². The molecule has 4 rings (SSSR count). The molecule has 27 nitrogen and oxygen atoms in total. The fourth-order valence-corrected chi connectivity index (χ4v) is 12.1. The number of carbonyl (C=O) groups is 10. The molecule has 0 spiro atoms. The minimum absolute atomic E-state index is 0.0514. The van der Waals surface area contributed by atoms with Crippen LogP contribution in [0, 0.1) is 23.7 Å². The summed E-state index contributed by atoms with van der Waals surface area (Å²) in [6, 6.07) is 8.72. The average Bonchev–Trinajstić information content (AvgIpc) is 1.81. The number of likely N-dealkylation sites (N-methyl/N-ethyl adjacent to an activating group) is 1. The van der Waals surface area contributed by atoms with Gasteiger partial charge in [-0.15, -0.1) is 11.3 Å². The molecule has 0 aliphatic carbocycles. The number of hydrogen-bond donors (Lipinski definition) is 11. The summed E-state index contributed by atoms with van der Waals surface area (Å²) >= 11 is 1.47. The first-order valence-electron chi connectivity index (χ1n) is 32.9. The van der Waals surface area contributed by atoms with Gasteiger partial charge in [0.25, 0.3) is 0 Å². The number of amides is 11. The van der Waals surface area contributed by atoms with Gasteiger partial charge >= 0.3 is 12.1 Å². The number of carbonyl (C=O) groups excluding carboxylic acids is 10. The smallest absolute Gasteiger partial charge is 0.408 e. The monoisotopic (exact) mass is 1350 g/mol.